The molecule has 2 aromatic carbocycles. The third kappa shape index (κ3) is 5.15. The van der Waals surface area contributed by atoms with Gasteiger partial charge in [-0.25, -0.2) is 4.39 Å². The fourth-order valence-corrected chi connectivity index (χ4v) is 3.94. The summed E-state index contributed by atoms with van der Waals surface area (Å²) in [6, 6.07) is 12.6. The monoisotopic (exact) mass is 419 g/mol. The van der Waals surface area contributed by atoms with Gasteiger partial charge in [-0.15, -0.1) is 12.4 Å². The van der Waals surface area contributed by atoms with Crippen LogP contribution in [0.4, 0.5) is 4.39 Å². The van der Waals surface area contributed by atoms with E-state index in [9.17, 15) is 4.39 Å². The summed E-state index contributed by atoms with van der Waals surface area (Å²) in [4.78, 5) is 2.36. The fraction of sp³-hybridized carbons (Fsp3) is 0.391. The lowest BCUT2D eigenvalue weighted by Gasteiger charge is -2.38. The lowest BCUT2D eigenvalue weighted by atomic mass is 9.81. The smallest absolute Gasteiger partial charge is 0.231 e. The van der Waals surface area contributed by atoms with Crippen LogP contribution in [-0.4, -0.2) is 31.4 Å². The van der Waals surface area contributed by atoms with Gasteiger partial charge in [0.05, 0.1) is 6.61 Å². The quantitative estimate of drug-likeness (QED) is 0.628. The first kappa shape index (κ1) is 21.3. The fourth-order valence-electron chi connectivity index (χ4n) is 3.94. The molecule has 2 heterocycles. The second-order valence-corrected chi connectivity index (χ2v) is 7.32. The molecule has 0 N–H and O–H groups in total. The van der Waals surface area contributed by atoms with Gasteiger partial charge >= 0.3 is 0 Å². The molecule has 2 aliphatic heterocycles. The molecule has 4 rings (SSSR count). The molecule has 4 nitrogen and oxygen atoms in total. The molecule has 6 heteroatoms. The summed E-state index contributed by atoms with van der Waals surface area (Å²) in [7, 11) is 0. The summed E-state index contributed by atoms with van der Waals surface area (Å²) in [5, 5.41) is 0. The highest BCUT2D eigenvalue weighted by molar-refractivity contribution is 5.85. The van der Waals surface area contributed by atoms with Gasteiger partial charge in [0.15, 0.2) is 11.5 Å². The minimum atomic E-state index is -0.194. The summed E-state index contributed by atoms with van der Waals surface area (Å²) >= 11 is 0. The van der Waals surface area contributed by atoms with E-state index in [-0.39, 0.29) is 25.0 Å². The van der Waals surface area contributed by atoms with Gasteiger partial charge in [0.1, 0.15) is 11.6 Å². The predicted octanol–water partition coefficient (Wildman–Crippen LogP) is 5.38. The van der Waals surface area contributed by atoms with E-state index in [0.717, 1.165) is 43.2 Å². The largest absolute Gasteiger partial charge is 0.493 e. The van der Waals surface area contributed by atoms with Crippen molar-refractivity contribution in [2.75, 3.05) is 26.5 Å². The Bertz CT molecular complexity index is 827. The molecule has 0 aromatic heterocycles. The highest BCUT2D eigenvalue weighted by atomic mass is 35.5. The number of hydrogen-bond acceptors (Lipinski definition) is 4. The molecule has 0 unspecified atom stereocenters. The van der Waals surface area contributed by atoms with Gasteiger partial charge in [-0.3, -0.25) is 0 Å². The molecular weight excluding hydrogens is 393 g/mol. The van der Waals surface area contributed by atoms with Gasteiger partial charge in [-0.1, -0.05) is 25.1 Å². The SMILES string of the molecule is CCC=CN1CC[C@@H](c2ccc(F)cc2)[C@H](COc2ccc3c(c2)OCO3)C1.Cl. The first-order chi connectivity index (χ1) is 13.7. The first-order valence-electron chi connectivity index (χ1n) is 9.91. The molecular formula is C23H27ClFNO3. The number of piperidine rings is 1. The second kappa shape index (κ2) is 9.88. The zero-order valence-corrected chi connectivity index (χ0v) is 17.4. The molecule has 0 amide bonds. The predicted molar refractivity (Wildman–Crippen MR) is 114 cm³/mol. The number of nitrogens with zero attached hydrogens (tertiary/aromatic N) is 1. The number of rotatable bonds is 6. The molecule has 0 aliphatic carbocycles. The van der Waals surface area contributed by atoms with Crippen molar-refractivity contribution < 1.29 is 18.6 Å². The van der Waals surface area contributed by atoms with Crippen molar-refractivity contribution in [2.24, 2.45) is 5.92 Å². The van der Waals surface area contributed by atoms with Crippen LogP contribution in [0.3, 0.4) is 0 Å². The molecule has 2 atom stereocenters. The van der Waals surface area contributed by atoms with E-state index in [2.05, 4.69) is 24.1 Å². The van der Waals surface area contributed by atoms with E-state index < -0.39 is 0 Å². The molecule has 0 bridgehead atoms. The van der Waals surface area contributed by atoms with Crippen molar-refractivity contribution in [3.05, 3.63) is 66.1 Å². The summed E-state index contributed by atoms with van der Waals surface area (Å²) in [5.74, 6) is 2.73. The summed E-state index contributed by atoms with van der Waals surface area (Å²) in [5.41, 5.74) is 1.18. The number of hydrogen-bond donors (Lipinski definition) is 0. The number of halogens is 2. The molecule has 0 spiro atoms. The van der Waals surface area contributed by atoms with Crippen molar-refractivity contribution in [1.29, 1.82) is 0 Å². The van der Waals surface area contributed by atoms with Crippen LogP contribution in [0.1, 0.15) is 31.2 Å². The Balaban J connectivity index is 0.00000240. The zero-order chi connectivity index (χ0) is 19.3. The minimum Gasteiger partial charge on any atom is -0.493 e. The maximum absolute atomic E-state index is 13.4. The molecule has 0 radical (unpaired) electrons. The molecule has 0 saturated carbocycles. The van der Waals surface area contributed by atoms with E-state index in [1.807, 2.05) is 30.3 Å². The van der Waals surface area contributed by atoms with Crippen molar-refractivity contribution in [3.8, 4) is 17.2 Å². The van der Waals surface area contributed by atoms with Gasteiger partial charge in [-0.2, -0.15) is 0 Å². The van der Waals surface area contributed by atoms with Gasteiger partial charge in [0.2, 0.25) is 6.79 Å². The van der Waals surface area contributed by atoms with Crippen LogP contribution in [0.25, 0.3) is 0 Å². The topological polar surface area (TPSA) is 30.9 Å². The Labute approximate surface area is 177 Å². The average Bonchev–Trinajstić information content (AvgIpc) is 3.19. The van der Waals surface area contributed by atoms with Gasteiger partial charge in [0.25, 0.3) is 0 Å². The van der Waals surface area contributed by atoms with Crippen LogP contribution in [-0.2, 0) is 0 Å². The maximum atomic E-state index is 13.4. The van der Waals surface area contributed by atoms with Crippen LogP contribution in [0.5, 0.6) is 17.2 Å². The first-order valence-corrected chi connectivity index (χ1v) is 9.91. The highest BCUT2D eigenvalue weighted by Gasteiger charge is 2.30. The van der Waals surface area contributed by atoms with E-state index in [4.69, 9.17) is 14.2 Å². The summed E-state index contributed by atoms with van der Waals surface area (Å²) in [6.45, 7) is 4.91. The van der Waals surface area contributed by atoms with Crippen LogP contribution >= 0.6 is 12.4 Å². The van der Waals surface area contributed by atoms with Crippen LogP contribution in [0, 0.1) is 11.7 Å². The number of allylic oxidation sites excluding steroid dienone is 1. The molecule has 2 aromatic rings. The summed E-state index contributed by atoms with van der Waals surface area (Å²) in [6.07, 6.45) is 6.42. The Morgan fingerprint density at radius 3 is 2.72 bits per heavy atom. The normalized spacial score (nSPS) is 20.6. The van der Waals surface area contributed by atoms with Crippen LogP contribution in [0.2, 0.25) is 0 Å². The minimum absolute atomic E-state index is 0. The molecule has 2 aliphatic rings. The van der Waals surface area contributed by atoms with E-state index >= 15 is 0 Å². The third-order valence-electron chi connectivity index (χ3n) is 5.42. The summed E-state index contributed by atoms with van der Waals surface area (Å²) < 4.78 is 30.3. The lowest BCUT2D eigenvalue weighted by molar-refractivity contribution is 0.141. The van der Waals surface area contributed by atoms with Gasteiger partial charge in [0, 0.05) is 25.1 Å². The Hall–Kier alpha value is -2.40. The van der Waals surface area contributed by atoms with E-state index in [0.29, 0.717) is 18.4 Å². The van der Waals surface area contributed by atoms with Crippen molar-refractivity contribution >= 4 is 12.4 Å². The van der Waals surface area contributed by atoms with Crippen LogP contribution in [0.15, 0.2) is 54.7 Å². The van der Waals surface area contributed by atoms with Crippen molar-refractivity contribution in [1.82, 2.24) is 4.90 Å². The molecule has 156 valence electrons. The lowest BCUT2D eigenvalue weighted by Crippen LogP contribution is -2.39. The Kier molecular flexibility index (Phi) is 7.26. The van der Waals surface area contributed by atoms with Crippen LogP contribution < -0.4 is 14.2 Å². The molecule has 1 saturated heterocycles. The standard InChI is InChI=1S/C23H26FNO3.ClH/c1-2-3-11-25-12-10-21(17-4-6-19(24)7-5-17)18(14-25)15-26-20-8-9-22-23(13-20)28-16-27-22;/h3-9,11,13,18,21H,2,10,12,14-16H2,1H3;1H/t18-,21-;/m0./s1. The van der Waals surface area contributed by atoms with Gasteiger partial charge in [-0.05, 0) is 54.8 Å². The zero-order valence-electron chi connectivity index (χ0n) is 16.6. The van der Waals surface area contributed by atoms with Crippen molar-refractivity contribution in [2.45, 2.75) is 25.7 Å². The number of benzene rings is 2. The third-order valence-corrected chi connectivity index (χ3v) is 5.42. The average molecular weight is 420 g/mol. The van der Waals surface area contributed by atoms with Crippen molar-refractivity contribution in [3.63, 3.8) is 0 Å². The number of fused-ring (bicyclic) bond motifs is 1. The second-order valence-electron chi connectivity index (χ2n) is 7.32. The van der Waals surface area contributed by atoms with Gasteiger partial charge < -0.3 is 19.1 Å². The van der Waals surface area contributed by atoms with E-state index in [1.54, 1.807) is 12.1 Å². The number of ether oxygens (including phenoxy) is 3. The number of likely N-dealkylation sites (tertiary alicyclic amines) is 1. The Morgan fingerprint density at radius 1 is 1.14 bits per heavy atom. The van der Waals surface area contributed by atoms with E-state index in [1.165, 1.54) is 5.56 Å². The molecule has 1 fully saturated rings. The Morgan fingerprint density at radius 2 is 1.93 bits per heavy atom. The molecule has 29 heavy (non-hydrogen) atoms. The highest BCUT2D eigenvalue weighted by Crippen LogP contribution is 2.37. The maximum Gasteiger partial charge on any atom is 0.231 e.